The zero-order valence-corrected chi connectivity index (χ0v) is 13.1. The van der Waals surface area contributed by atoms with Crippen molar-refractivity contribution in [3.63, 3.8) is 0 Å². The van der Waals surface area contributed by atoms with Crippen LogP contribution in [-0.4, -0.2) is 30.6 Å². The molecule has 1 aliphatic heterocycles. The number of hydrogen-bond donors (Lipinski definition) is 1. The Labute approximate surface area is 128 Å². The number of rotatable bonds is 5. The predicted octanol–water partition coefficient (Wildman–Crippen LogP) is 3.35. The molecule has 0 aromatic heterocycles. The van der Waals surface area contributed by atoms with Crippen molar-refractivity contribution in [3.8, 4) is 5.75 Å². The first-order valence-corrected chi connectivity index (χ1v) is 8.52. The molecule has 2 aliphatic rings. The highest BCUT2D eigenvalue weighted by Gasteiger charge is 2.38. The molecule has 1 aromatic carbocycles. The summed E-state index contributed by atoms with van der Waals surface area (Å²) in [6.07, 6.45) is 6.92. The van der Waals surface area contributed by atoms with Gasteiger partial charge in [0.15, 0.2) is 0 Å². The molecule has 0 spiro atoms. The van der Waals surface area contributed by atoms with E-state index in [1.54, 1.807) is 0 Å². The third-order valence-electron chi connectivity index (χ3n) is 5.23. The van der Waals surface area contributed by atoms with Crippen molar-refractivity contribution in [1.29, 1.82) is 0 Å². The van der Waals surface area contributed by atoms with Crippen molar-refractivity contribution < 1.29 is 4.74 Å². The van der Waals surface area contributed by atoms with Gasteiger partial charge in [-0.05, 0) is 56.3 Å². The predicted molar refractivity (Wildman–Crippen MR) is 86.5 cm³/mol. The summed E-state index contributed by atoms with van der Waals surface area (Å²) in [5.41, 5.74) is 7.46. The first-order valence-electron chi connectivity index (χ1n) is 8.52. The molecule has 0 amide bonds. The molecule has 1 saturated heterocycles. The number of hydrogen-bond acceptors (Lipinski definition) is 3. The van der Waals surface area contributed by atoms with E-state index in [0.717, 1.165) is 17.7 Å². The Balaban J connectivity index is 1.79. The molecule has 1 aromatic rings. The summed E-state index contributed by atoms with van der Waals surface area (Å²) >= 11 is 0. The molecule has 0 radical (unpaired) electrons. The number of fused-ring (bicyclic) bond motifs is 1. The topological polar surface area (TPSA) is 38.5 Å². The molecule has 1 saturated carbocycles. The zero-order valence-electron chi connectivity index (χ0n) is 13.1. The van der Waals surface area contributed by atoms with Gasteiger partial charge in [-0.25, -0.2) is 0 Å². The second kappa shape index (κ2) is 6.80. The fraction of sp³-hybridized carbons (Fsp3) is 0.667. The van der Waals surface area contributed by atoms with Gasteiger partial charge < -0.3 is 10.5 Å². The summed E-state index contributed by atoms with van der Waals surface area (Å²) in [5.74, 6) is 1.87. The minimum Gasteiger partial charge on any atom is -0.494 e. The summed E-state index contributed by atoms with van der Waals surface area (Å²) in [5, 5.41) is 0. The van der Waals surface area contributed by atoms with Crippen LogP contribution in [0, 0.1) is 5.92 Å². The molecule has 3 nitrogen and oxygen atoms in total. The number of ether oxygens (including phenoxy) is 1. The second-order valence-electron chi connectivity index (χ2n) is 6.40. The summed E-state index contributed by atoms with van der Waals surface area (Å²) < 4.78 is 5.65. The lowest BCUT2D eigenvalue weighted by molar-refractivity contribution is 0.135. The van der Waals surface area contributed by atoms with Crippen LogP contribution in [0.2, 0.25) is 0 Å². The molecule has 3 unspecified atom stereocenters. The minimum absolute atomic E-state index is 0.346. The minimum atomic E-state index is 0.346. The van der Waals surface area contributed by atoms with Gasteiger partial charge in [0, 0.05) is 18.6 Å². The maximum atomic E-state index is 6.15. The number of nitrogens with zero attached hydrogens (tertiary/aromatic N) is 1. The molecular formula is C18H28N2O. The molecular weight excluding hydrogens is 260 g/mol. The van der Waals surface area contributed by atoms with Crippen LogP contribution >= 0.6 is 0 Å². The van der Waals surface area contributed by atoms with Crippen LogP contribution in [0.3, 0.4) is 0 Å². The highest BCUT2D eigenvalue weighted by Crippen LogP contribution is 2.40. The lowest BCUT2D eigenvalue weighted by Gasteiger charge is -2.37. The van der Waals surface area contributed by atoms with Crippen LogP contribution in [0.5, 0.6) is 5.75 Å². The quantitative estimate of drug-likeness (QED) is 0.903. The Kier molecular flexibility index (Phi) is 4.81. The van der Waals surface area contributed by atoms with Crippen molar-refractivity contribution >= 4 is 0 Å². The Morgan fingerprint density at radius 1 is 1.29 bits per heavy atom. The van der Waals surface area contributed by atoms with E-state index in [9.17, 15) is 0 Å². The van der Waals surface area contributed by atoms with E-state index in [1.165, 1.54) is 44.2 Å². The number of nitrogens with two attached hydrogens (primary N) is 1. The molecule has 3 heteroatoms. The van der Waals surface area contributed by atoms with Crippen molar-refractivity contribution in [2.45, 2.75) is 51.1 Å². The largest absolute Gasteiger partial charge is 0.494 e. The van der Waals surface area contributed by atoms with E-state index in [2.05, 4.69) is 23.1 Å². The molecule has 2 fully saturated rings. The Morgan fingerprint density at radius 2 is 2.14 bits per heavy atom. The van der Waals surface area contributed by atoms with Crippen molar-refractivity contribution in [3.05, 3.63) is 29.8 Å². The van der Waals surface area contributed by atoms with E-state index >= 15 is 0 Å². The summed E-state index contributed by atoms with van der Waals surface area (Å²) in [6.45, 7) is 4.64. The SMILES string of the molecule is CCOc1cccc(C(CN)N2CCC3CCCCC32)c1. The first-order chi connectivity index (χ1) is 10.3. The molecule has 2 N–H and O–H groups in total. The van der Waals surface area contributed by atoms with Gasteiger partial charge in [0.05, 0.1) is 6.61 Å². The van der Waals surface area contributed by atoms with Gasteiger partial charge >= 0.3 is 0 Å². The van der Waals surface area contributed by atoms with E-state index in [0.29, 0.717) is 19.2 Å². The summed E-state index contributed by atoms with van der Waals surface area (Å²) in [4.78, 5) is 2.68. The standard InChI is InChI=1S/C18H28N2O/c1-2-21-16-8-5-7-15(12-16)18(13-19)20-11-10-14-6-3-4-9-17(14)20/h5,7-8,12,14,17-18H,2-4,6,9-11,13,19H2,1H3. The van der Waals surface area contributed by atoms with Gasteiger partial charge in [-0.3, -0.25) is 4.90 Å². The molecule has 1 aliphatic carbocycles. The molecule has 21 heavy (non-hydrogen) atoms. The van der Waals surface area contributed by atoms with Crippen LogP contribution in [0.25, 0.3) is 0 Å². The Morgan fingerprint density at radius 3 is 2.95 bits per heavy atom. The lowest BCUT2D eigenvalue weighted by atomic mass is 9.84. The van der Waals surface area contributed by atoms with Gasteiger partial charge in [-0.15, -0.1) is 0 Å². The maximum absolute atomic E-state index is 6.15. The van der Waals surface area contributed by atoms with Gasteiger partial charge in [0.25, 0.3) is 0 Å². The van der Waals surface area contributed by atoms with E-state index in [4.69, 9.17) is 10.5 Å². The maximum Gasteiger partial charge on any atom is 0.119 e. The third-order valence-corrected chi connectivity index (χ3v) is 5.23. The lowest BCUT2D eigenvalue weighted by Crippen LogP contribution is -2.40. The van der Waals surface area contributed by atoms with Crippen molar-refractivity contribution in [2.75, 3.05) is 19.7 Å². The van der Waals surface area contributed by atoms with E-state index in [1.807, 2.05) is 13.0 Å². The molecule has 3 rings (SSSR count). The van der Waals surface area contributed by atoms with Gasteiger partial charge in [-0.2, -0.15) is 0 Å². The smallest absolute Gasteiger partial charge is 0.119 e. The van der Waals surface area contributed by atoms with Crippen LogP contribution in [-0.2, 0) is 0 Å². The third kappa shape index (κ3) is 3.09. The number of benzene rings is 1. The monoisotopic (exact) mass is 288 g/mol. The first kappa shape index (κ1) is 14.9. The normalized spacial score (nSPS) is 27.3. The van der Waals surface area contributed by atoms with Crippen molar-refractivity contribution in [2.24, 2.45) is 11.7 Å². The average molecular weight is 288 g/mol. The molecule has 0 bridgehead atoms. The van der Waals surface area contributed by atoms with Crippen LogP contribution < -0.4 is 10.5 Å². The van der Waals surface area contributed by atoms with Gasteiger partial charge in [0.2, 0.25) is 0 Å². The van der Waals surface area contributed by atoms with Gasteiger partial charge in [-0.1, -0.05) is 25.0 Å². The Bertz CT molecular complexity index is 462. The van der Waals surface area contributed by atoms with Crippen molar-refractivity contribution in [1.82, 2.24) is 4.90 Å². The zero-order chi connectivity index (χ0) is 14.7. The highest BCUT2D eigenvalue weighted by molar-refractivity contribution is 5.31. The van der Waals surface area contributed by atoms with Crippen LogP contribution in [0.15, 0.2) is 24.3 Å². The summed E-state index contributed by atoms with van der Waals surface area (Å²) in [6, 6.07) is 9.61. The van der Waals surface area contributed by atoms with Crippen LogP contribution in [0.1, 0.15) is 50.6 Å². The second-order valence-corrected chi connectivity index (χ2v) is 6.40. The number of likely N-dealkylation sites (tertiary alicyclic amines) is 1. The molecule has 116 valence electrons. The summed E-state index contributed by atoms with van der Waals surface area (Å²) in [7, 11) is 0. The van der Waals surface area contributed by atoms with E-state index < -0.39 is 0 Å². The molecule has 3 atom stereocenters. The van der Waals surface area contributed by atoms with Crippen LogP contribution in [0.4, 0.5) is 0 Å². The van der Waals surface area contributed by atoms with E-state index in [-0.39, 0.29) is 0 Å². The van der Waals surface area contributed by atoms with Gasteiger partial charge in [0.1, 0.15) is 5.75 Å². The average Bonchev–Trinajstić information content (AvgIpc) is 2.93. The molecule has 1 heterocycles. The Hall–Kier alpha value is -1.06. The fourth-order valence-corrected chi connectivity index (χ4v) is 4.27. The highest BCUT2D eigenvalue weighted by atomic mass is 16.5. The fourth-order valence-electron chi connectivity index (χ4n) is 4.27.